The van der Waals surface area contributed by atoms with Gasteiger partial charge in [-0.15, -0.1) is 0 Å². The summed E-state index contributed by atoms with van der Waals surface area (Å²) in [6.07, 6.45) is 0. The minimum atomic E-state index is -4.03. The molecule has 0 spiro atoms. The zero-order valence-electron chi connectivity index (χ0n) is 3.38. The second kappa shape index (κ2) is 7.27. The van der Waals surface area contributed by atoms with Crippen molar-refractivity contribution in [1.29, 1.82) is 0 Å². The molecule has 0 fully saturated rings. The van der Waals surface area contributed by atoms with Gasteiger partial charge in [-0.25, -0.2) is 0 Å². The summed E-state index contributed by atoms with van der Waals surface area (Å²) in [5.41, 5.74) is 0. The van der Waals surface area contributed by atoms with E-state index in [9.17, 15) is 0 Å². The molecule has 8 heavy (non-hydrogen) atoms. The van der Waals surface area contributed by atoms with E-state index in [4.69, 9.17) is 24.9 Å². The molecule has 2 N–H and O–H groups in total. The zero-order chi connectivity index (χ0) is 7.15. The van der Waals surface area contributed by atoms with Gasteiger partial charge in [-0.3, -0.25) is 0 Å². The first-order valence-corrected chi connectivity index (χ1v) is 5.92. The van der Waals surface area contributed by atoms with Crippen molar-refractivity contribution in [2.75, 3.05) is 0 Å². The van der Waals surface area contributed by atoms with Gasteiger partial charge in [-0.05, 0) is 4.57 Å². The van der Waals surface area contributed by atoms with Gasteiger partial charge in [-0.1, -0.05) is 0 Å². The Bertz CT molecular complexity index is 110. The molecule has 0 amide bonds. The Morgan fingerprint density at radius 2 is 1.50 bits per heavy atom. The van der Waals surface area contributed by atoms with Crippen LogP contribution in [-0.4, -0.2) is 8.65 Å². The Balaban J connectivity index is 0. The van der Waals surface area contributed by atoms with Crippen molar-refractivity contribution in [3.63, 3.8) is 0 Å². The third-order valence-electron chi connectivity index (χ3n) is 0. The molecule has 8 heteroatoms. The average Bonchev–Trinajstić information content (AvgIpc) is 1.25. The SMILES string of the molecule is O=[P+]([O-])O.[O]=[W](=[O])[OH]. The maximum atomic E-state index is 8.72. The second-order valence-corrected chi connectivity index (χ2v) is 2.49. The molecular weight excluding hydrogens is 311 g/mol. The third-order valence-corrected chi connectivity index (χ3v) is 0. The standard InChI is InChI=1S/HO3P.H2O.2O.W/c1-4(2)3;;;;/h(H,1,2,3);1H2;;;/q;;;;+1/p-1. The fraction of sp³-hybridized carbons (Fsp3) is 0. The van der Waals surface area contributed by atoms with E-state index in [1.807, 2.05) is 0 Å². The summed E-state index contributed by atoms with van der Waals surface area (Å²) in [5, 5.41) is 0. The Morgan fingerprint density at radius 1 is 1.50 bits per heavy atom. The first-order valence-electron chi connectivity index (χ1n) is 1.08. The van der Waals surface area contributed by atoms with Crippen LogP contribution in [0.2, 0.25) is 0 Å². The molecule has 1 atom stereocenters. The zero-order valence-corrected chi connectivity index (χ0v) is 7.21. The van der Waals surface area contributed by atoms with Crippen molar-refractivity contribution in [1.82, 2.24) is 0 Å². The topological polar surface area (TPSA) is 115 Å². The molecule has 0 saturated carbocycles. The average molecular weight is 313 g/mol. The van der Waals surface area contributed by atoms with Crippen LogP contribution in [0.15, 0.2) is 0 Å². The van der Waals surface area contributed by atoms with E-state index in [-0.39, 0.29) is 0 Å². The number of hydrogen-bond acceptors (Lipinski definition) is 4. The van der Waals surface area contributed by atoms with Crippen LogP contribution in [0.5, 0.6) is 0 Å². The summed E-state index contributed by atoms with van der Waals surface area (Å²) in [6, 6.07) is 0. The summed E-state index contributed by atoms with van der Waals surface area (Å²) in [5.74, 6) is 0. The van der Waals surface area contributed by atoms with Gasteiger partial charge in [0.2, 0.25) is 0 Å². The van der Waals surface area contributed by atoms with Gasteiger partial charge in [0, 0.05) is 0 Å². The molecule has 0 aromatic carbocycles. The summed E-state index contributed by atoms with van der Waals surface area (Å²) < 4.78 is 33.2. The molecule has 0 bridgehead atoms. The fourth-order valence-corrected chi connectivity index (χ4v) is 0. The van der Waals surface area contributed by atoms with Gasteiger partial charge in [0.25, 0.3) is 0 Å². The molecule has 0 aliphatic rings. The summed E-state index contributed by atoms with van der Waals surface area (Å²) in [7, 11) is -3.12. The minimum absolute atomic E-state index is 3.12. The molecule has 0 aliphatic heterocycles. The number of rotatable bonds is 0. The molecule has 0 aromatic rings. The molecule has 0 rings (SSSR count). The van der Waals surface area contributed by atoms with Gasteiger partial charge in [0.1, 0.15) is 0 Å². The third kappa shape index (κ3) is 2420. The van der Waals surface area contributed by atoms with Gasteiger partial charge in [0.15, 0.2) is 0 Å². The summed E-state index contributed by atoms with van der Waals surface area (Å²) >= 11 is -4.03. The van der Waals surface area contributed by atoms with Gasteiger partial charge < -0.3 is 4.89 Å². The van der Waals surface area contributed by atoms with E-state index in [0.29, 0.717) is 0 Å². The second-order valence-electron chi connectivity index (χ2n) is 0.455. The van der Waals surface area contributed by atoms with Crippen LogP contribution in [0.25, 0.3) is 0 Å². The van der Waals surface area contributed by atoms with E-state index in [1.165, 1.54) is 0 Å². The Labute approximate surface area is 51.4 Å². The monoisotopic (exact) mass is 313 g/mol. The van der Waals surface area contributed by atoms with E-state index in [2.05, 4.69) is 0 Å². The van der Waals surface area contributed by atoms with Crippen LogP contribution < -0.4 is 4.89 Å². The predicted molar refractivity (Wildman–Crippen MR) is 13.4 cm³/mol. The van der Waals surface area contributed by atoms with Crippen LogP contribution >= 0.6 is 8.25 Å². The quantitative estimate of drug-likeness (QED) is 0.510. The normalized spacial score (nSPS) is 8.62. The predicted octanol–water partition coefficient (Wildman–Crippen LogP) is -1.80. The molecule has 0 aromatic heterocycles. The van der Waals surface area contributed by atoms with Crippen LogP contribution in [-0.2, 0) is 29.0 Å². The molecule has 6 nitrogen and oxygen atoms in total. The summed E-state index contributed by atoms with van der Waals surface area (Å²) in [6.45, 7) is 0. The van der Waals surface area contributed by atoms with Gasteiger partial charge in [0.05, 0.1) is 0 Å². The van der Waals surface area contributed by atoms with Crippen LogP contribution in [0.3, 0.4) is 0 Å². The van der Waals surface area contributed by atoms with Crippen molar-refractivity contribution in [3.05, 3.63) is 0 Å². The van der Waals surface area contributed by atoms with Crippen molar-refractivity contribution in [2.24, 2.45) is 0 Å². The van der Waals surface area contributed by atoms with Crippen LogP contribution in [0.4, 0.5) is 0 Å². The fourth-order valence-electron chi connectivity index (χ4n) is 0. The Hall–Kier alpha value is 0.268. The first kappa shape index (κ1) is 11.1. The van der Waals surface area contributed by atoms with Crippen molar-refractivity contribution in [3.8, 4) is 0 Å². The van der Waals surface area contributed by atoms with Gasteiger partial charge >= 0.3 is 36.4 Å². The Morgan fingerprint density at radius 3 is 1.50 bits per heavy atom. The van der Waals surface area contributed by atoms with Gasteiger partial charge in [-0.2, -0.15) is 4.89 Å². The molecular formula is H2O6PW. The van der Waals surface area contributed by atoms with E-state index >= 15 is 0 Å². The molecule has 1 unspecified atom stereocenters. The molecule has 0 heterocycles. The molecule has 0 saturated heterocycles. The van der Waals surface area contributed by atoms with E-state index in [1.54, 1.807) is 0 Å². The molecule has 49 valence electrons. The van der Waals surface area contributed by atoms with Crippen molar-refractivity contribution >= 4 is 8.25 Å². The molecule has 0 aliphatic carbocycles. The van der Waals surface area contributed by atoms with Crippen LogP contribution in [0.1, 0.15) is 0 Å². The maximum absolute atomic E-state index is 8.72. The van der Waals surface area contributed by atoms with Crippen molar-refractivity contribution in [2.45, 2.75) is 0 Å². The number of hydrogen-bond donors (Lipinski definition) is 2. The summed E-state index contributed by atoms with van der Waals surface area (Å²) in [4.78, 5) is 15.6. The molecule has 0 radical (unpaired) electrons. The Kier molecular flexibility index (Phi) is 10.1. The van der Waals surface area contributed by atoms with Crippen LogP contribution in [0, 0.1) is 0 Å². The van der Waals surface area contributed by atoms with E-state index < -0.39 is 25.9 Å². The van der Waals surface area contributed by atoms with E-state index in [0.717, 1.165) is 0 Å². The van der Waals surface area contributed by atoms with Crippen molar-refractivity contribution < 1.29 is 42.5 Å². The first-order chi connectivity index (χ1) is 3.46.